The second-order valence-electron chi connectivity index (χ2n) is 2.27. The molecule has 0 saturated heterocycles. The Labute approximate surface area is 76.3 Å². The first kappa shape index (κ1) is 11.7. The molecule has 6 heteroatoms. The molecular formula is C7H14N2O4. The molecule has 13 heavy (non-hydrogen) atoms. The highest BCUT2D eigenvalue weighted by Crippen LogP contribution is 1.75. The van der Waals surface area contributed by atoms with Gasteiger partial charge in [-0.1, -0.05) is 0 Å². The van der Waals surface area contributed by atoms with E-state index in [0.717, 1.165) is 0 Å². The number of nitrogens with one attached hydrogen (secondary N) is 2. The Morgan fingerprint density at radius 2 is 1.92 bits per heavy atom. The van der Waals surface area contributed by atoms with Gasteiger partial charge >= 0.3 is 6.09 Å². The number of aliphatic hydroxyl groups is 1. The van der Waals surface area contributed by atoms with Crippen LogP contribution in [0.5, 0.6) is 0 Å². The zero-order valence-electron chi connectivity index (χ0n) is 7.50. The van der Waals surface area contributed by atoms with Crippen LogP contribution < -0.4 is 10.6 Å². The van der Waals surface area contributed by atoms with Crippen LogP contribution in [0.2, 0.25) is 0 Å². The number of hydrogen-bond acceptors (Lipinski definition) is 4. The fraction of sp³-hybridized carbons (Fsp3) is 0.714. The van der Waals surface area contributed by atoms with Crippen LogP contribution >= 0.6 is 0 Å². The molecule has 0 aromatic rings. The average molecular weight is 190 g/mol. The SMILES string of the molecule is CC(=O)NCCNC(=O)OCCO. The minimum atomic E-state index is -0.598. The van der Waals surface area contributed by atoms with Crippen molar-refractivity contribution < 1.29 is 19.4 Å². The number of ether oxygens (including phenoxy) is 1. The van der Waals surface area contributed by atoms with Crippen LogP contribution in [0.1, 0.15) is 6.92 Å². The Morgan fingerprint density at radius 1 is 1.31 bits per heavy atom. The molecule has 0 aromatic carbocycles. The fourth-order valence-corrected chi connectivity index (χ4v) is 0.592. The predicted octanol–water partition coefficient (Wildman–Crippen LogP) is -1.16. The summed E-state index contributed by atoms with van der Waals surface area (Å²) in [5, 5.41) is 13.2. The Hall–Kier alpha value is -1.30. The molecule has 0 radical (unpaired) electrons. The number of hydrogen-bond donors (Lipinski definition) is 3. The number of rotatable bonds is 5. The topological polar surface area (TPSA) is 87.7 Å². The van der Waals surface area contributed by atoms with Crippen molar-refractivity contribution in [2.75, 3.05) is 26.3 Å². The fourth-order valence-electron chi connectivity index (χ4n) is 0.592. The molecule has 0 saturated carbocycles. The van der Waals surface area contributed by atoms with Crippen molar-refractivity contribution in [1.29, 1.82) is 0 Å². The first-order chi connectivity index (χ1) is 6.16. The van der Waals surface area contributed by atoms with Gasteiger partial charge in [-0.3, -0.25) is 4.79 Å². The molecule has 0 fully saturated rings. The van der Waals surface area contributed by atoms with E-state index >= 15 is 0 Å². The molecule has 0 bridgehead atoms. The Balaban J connectivity index is 3.22. The third-order valence-electron chi connectivity index (χ3n) is 1.09. The highest BCUT2D eigenvalue weighted by Gasteiger charge is 1.99. The van der Waals surface area contributed by atoms with E-state index in [1.165, 1.54) is 6.92 Å². The van der Waals surface area contributed by atoms with Gasteiger partial charge in [-0.2, -0.15) is 0 Å². The zero-order chi connectivity index (χ0) is 10.1. The molecule has 0 aliphatic heterocycles. The molecule has 0 aliphatic rings. The molecule has 6 nitrogen and oxygen atoms in total. The van der Waals surface area contributed by atoms with Crippen molar-refractivity contribution in [2.45, 2.75) is 6.92 Å². The monoisotopic (exact) mass is 190 g/mol. The van der Waals surface area contributed by atoms with Crippen molar-refractivity contribution in [2.24, 2.45) is 0 Å². The quantitative estimate of drug-likeness (QED) is 0.477. The lowest BCUT2D eigenvalue weighted by atomic mass is 10.6. The van der Waals surface area contributed by atoms with Crippen molar-refractivity contribution in [1.82, 2.24) is 10.6 Å². The molecule has 0 unspecified atom stereocenters. The van der Waals surface area contributed by atoms with Crippen LogP contribution in [0, 0.1) is 0 Å². The number of carbonyl (C=O) groups excluding carboxylic acids is 2. The van der Waals surface area contributed by atoms with Crippen molar-refractivity contribution in [3.8, 4) is 0 Å². The normalized spacial score (nSPS) is 9.08. The molecule has 0 rings (SSSR count). The van der Waals surface area contributed by atoms with Gasteiger partial charge in [-0.15, -0.1) is 0 Å². The summed E-state index contributed by atoms with van der Waals surface area (Å²) in [4.78, 5) is 21.1. The molecule has 0 aliphatic carbocycles. The van der Waals surface area contributed by atoms with E-state index in [9.17, 15) is 9.59 Å². The molecule has 76 valence electrons. The Morgan fingerprint density at radius 3 is 2.46 bits per heavy atom. The van der Waals surface area contributed by atoms with Crippen LogP contribution in [-0.4, -0.2) is 43.4 Å². The van der Waals surface area contributed by atoms with Crippen LogP contribution in [0.4, 0.5) is 4.79 Å². The lowest BCUT2D eigenvalue weighted by molar-refractivity contribution is -0.118. The van der Waals surface area contributed by atoms with Gasteiger partial charge in [-0.05, 0) is 0 Å². The summed E-state index contributed by atoms with van der Waals surface area (Å²) in [6, 6.07) is 0. The van der Waals surface area contributed by atoms with Gasteiger partial charge in [0.1, 0.15) is 6.61 Å². The van der Waals surface area contributed by atoms with E-state index in [1.54, 1.807) is 0 Å². The van der Waals surface area contributed by atoms with Crippen LogP contribution in [-0.2, 0) is 9.53 Å². The van der Waals surface area contributed by atoms with E-state index in [2.05, 4.69) is 15.4 Å². The summed E-state index contributed by atoms with van der Waals surface area (Å²) in [5.41, 5.74) is 0. The van der Waals surface area contributed by atoms with Gasteiger partial charge in [0.2, 0.25) is 5.91 Å². The number of amides is 2. The smallest absolute Gasteiger partial charge is 0.407 e. The maximum Gasteiger partial charge on any atom is 0.407 e. The minimum absolute atomic E-state index is 0.0219. The summed E-state index contributed by atoms with van der Waals surface area (Å²) >= 11 is 0. The lowest BCUT2D eigenvalue weighted by Gasteiger charge is -2.05. The molecular weight excluding hydrogens is 176 g/mol. The lowest BCUT2D eigenvalue weighted by Crippen LogP contribution is -2.34. The van der Waals surface area contributed by atoms with Crippen LogP contribution in [0.3, 0.4) is 0 Å². The highest BCUT2D eigenvalue weighted by molar-refractivity contribution is 5.73. The first-order valence-electron chi connectivity index (χ1n) is 3.92. The third kappa shape index (κ3) is 8.61. The number of carbonyl (C=O) groups is 2. The third-order valence-corrected chi connectivity index (χ3v) is 1.09. The van der Waals surface area contributed by atoms with Crippen molar-refractivity contribution >= 4 is 12.0 Å². The molecule has 0 atom stereocenters. The van der Waals surface area contributed by atoms with E-state index in [1.807, 2.05) is 0 Å². The molecule has 0 spiro atoms. The van der Waals surface area contributed by atoms with Gasteiger partial charge in [0, 0.05) is 20.0 Å². The molecule has 3 N–H and O–H groups in total. The standard InChI is InChI=1S/C7H14N2O4/c1-6(11)8-2-3-9-7(12)13-5-4-10/h10H,2-5H2,1H3,(H,8,11)(H,9,12). The average Bonchev–Trinajstić information content (AvgIpc) is 2.08. The van der Waals surface area contributed by atoms with Gasteiger partial charge in [0.05, 0.1) is 6.61 Å². The van der Waals surface area contributed by atoms with Gasteiger partial charge < -0.3 is 20.5 Å². The van der Waals surface area contributed by atoms with E-state index < -0.39 is 6.09 Å². The maximum absolute atomic E-state index is 10.7. The van der Waals surface area contributed by atoms with Gasteiger partial charge in [0.15, 0.2) is 0 Å². The summed E-state index contributed by atoms with van der Waals surface area (Å²) < 4.78 is 4.49. The zero-order valence-corrected chi connectivity index (χ0v) is 7.50. The first-order valence-corrected chi connectivity index (χ1v) is 3.92. The molecule has 0 heterocycles. The molecule has 0 aromatic heterocycles. The van der Waals surface area contributed by atoms with Crippen LogP contribution in [0.25, 0.3) is 0 Å². The summed E-state index contributed by atoms with van der Waals surface area (Å²) in [6.07, 6.45) is -0.598. The second-order valence-corrected chi connectivity index (χ2v) is 2.27. The Bertz CT molecular complexity index is 172. The van der Waals surface area contributed by atoms with Crippen LogP contribution in [0.15, 0.2) is 0 Å². The predicted molar refractivity (Wildman–Crippen MR) is 45.1 cm³/mol. The van der Waals surface area contributed by atoms with Crippen molar-refractivity contribution in [3.63, 3.8) is 0 Å². The van der Waals surface area contributed by atoms with Gasteiger partial charge in [0.25, 0.3) is 0 Å². The number of alkyl carbamates (subject to hydrolysis) is 1. The maximum atomic E-state index is 10.7. The number of aliphatic hydroxyl groups excluding tert-OH is 1. The summed E-state index contributed by atoms with van der Waals surface area (Å²) in [7, 11) is 0. The van der Waals surface area contributed by atoms with E-state index in [4.69, 9.17) is 5.11 Å². The Kier molecular flexibility index (Phi) is 6.62. The van der Waals surface area contributed by atoms with Crippen molar-refractivity contribution in [3.05, 3.63) is 0 Å². The summed E-state index contributed by atoms with van der Waals surface area (Å²) in [6.45, 7) is 1.85. The summed E-state index contributed by atoms with van der Waals surface area (Å²) in [5.74, 6) is -0.148. The van der Waals surface area contributed by atoms with E-state index in [0.29, 0.717) is 13.1 Å². The second kappa shape index (κ2) is 7.35. The van der Waals surface area contributed by atoms with E-state index in [-0.39, 0.29) is 19.1 Å². The largest absolute Gasteiger partial charge is 0.447 e. The minimum Gasteiger partial charge on any atom is -0.447 e. The highest BCUT2D eigenvalue weighted by atomic mass is 16.6. The van der Waals surface area contributed by atoms with Gasteiger partial charge in [-0.25, -0.2) is 4.79 Å². The molecule has 2 amide bonds.